The van der Waals surface area contributed by atoms with Crippen molar-refractivity contribution in [3.63, 3.8) is 0 Å². The minimum atomic E-state index is -0.303. The number of likely N-dealkylation sites (tertiary alicyclic amines) is 1. The van der Waals surface area contributed by atoms with E-state index < -0.39 is 0 Å². The molecule has 24 heavy (non-hydrogen) atoms. The van der Waals surface area contributed by atoms with Crippen molar-refractivity contribution < 1.29 is 9.84 Å². The van der Waals surface area contributed by atoms with Gasteiger partial charge in [-0.2, -0.15) is 0 Å². The maximum absolute atomic E-state index is 10.2. The van der Waals surface area contributed by atoms with Crippen LogP contribution in [0.25, 0.3) is 5.65 Å². The molecular formula is C19H21N3O2. The van der Waals surface area contributed by atoms with Crippen LogP contribution in [0, 0.1) is 0 Å². The summed E-state index contributed by atoms with van der Waals surface area (Å²) in [6.07, 6.45) is 4.24. The van der Waals surface area contributed by atoms with Crippen LogP contribution in [-0.2, 0) is 6.54 Å². The van der Waals surface area contributed by atoms with Crippen LogP contribution in [0.1, 0.15) is 23.7 Å². The zero-order chi connectivity index (χ0) is 16.5. The van der Waals surface area contributed by atoms with E-state index in [1.807, 2.05) is 36.7 Å². The van der Waals surface area contributed by atoms with Gasteiger partial charge in [-0.25, -0.2) is 4.98 Å². The van der Waals surface area contributed by atoms with Gasteiger partial charge in [0.1, 0.15) is 11.4 Å². The summed E-state index contributed by atoms with van der Waals surface area (Å²) < 4.78 is 7.45. The Morgan fingerprint density at radius 2 is 2.12 bits per heavy atom. The van der Waals surface area contributed by atoms with Crippen molar-refractivity contribution >= 4 is 5.65 Å². The van der Waals surface area contributed by atoms with Gasteiger partial charge < -0.3 is 14.2 Å². The van der Waals surface area contributed by atoms with E-state index in [1.54, 1.807) is 7.11 Å². The molecule has 5 heteroatoms. The molecule has 1 saturated heterocycles. The Kier molecular flexibility index (Phi) is 3.96. The number of fused-ring (bicyclic) bond motifs is 1. The fourth-order valence-electron chi connectivity index (χ4n) is 3.59. The first-order valence-corrected chi connectivity index (χ1v) is 8.21. The molecule has 3 heterocycles. The van der Waals surface area contributed by atoms with Crippen molar-refractivity contribution in [2.75, 3.05) is 13.7 Å². The number of pyridine rings is 1. The maximum atomic E-state index is 10.2. The first-order valence-electron chi connectivity index (χ1n) is 8.21. The van der Waals surface area contributed by atoms with E-state index in [2.05, 4.69) is 32.5 Å². The molecule has 1 N–H and O–H groups in total. The van der Waals surface area contributed by atoms with Crippen LogP contribution in [-0.4, -0.2) is 39.1 Å². The molecule has 2 aromatic heterocycles. The molecule has 1 aromatic carbocycles. The van der Waals surface area contributed by atoms with Gasteiger partial charge in [0.2, 0.25) is 0 Å². The van der Waals surface area contributed by atoms with E-state index in [-0.39, 0.29) is 12.1 Å². The summed E-state index contributed by atoms with van der Waals surface area (Å²) in [5.74, 6) is 0.852. The van der Waals surface area contributed by atoms with Gasteiger partial charge in [-0.1, -0.05) is 18.2 Å². The molecule has 0 bridgehead atoms. The lowest BCUT2D eigenvalue weighted by Crippen LogP contribution is -2.25. The standard InChI is InChI=1S/C19H21N3O2/c1-24-17-6-2-4-14(10-17)18-11-16(23)13-21(18)12-15-5-3-7-19-20-8-9-22(15)19/h2-10,16,18,23H,11-13H2,1H3. The predicted molar refractivity (Wildman–Crippen MR) is 92.0 cm³/mol. The minimum absolute atomic E-state index is 0.189. The topological polar surface area (TPSA) is 50.0 Å². The number of rotatable bonds is 4. The van der Waals surface area contributed by atoms with Gasteiger partial charge in [-0.15, -0.1) is 0 Å². The van der Waals surface area contributed by atoms with Crippen LogP contribution in [0.3, 0.4) is 0 Å². The number of β-amino-alcohol motifs (C(OH)–C–C–N with tert-alkyl or cyclic N) is 1. The van der Waals surface area contributed by atoms with Crippen LogP contribution >= 0.6 is 0 Å². The second-order valence-electron chi connectivity index (χ2n) is 6.28. The highest BCUT2D eigenvalue weighted by Gasteiger charge is 2.32. The molecule has 1 aliphatic rings. The Hall–Kier alpha value is -2.37. The second kappa shape index (κ2) is 6.26. The number of aliphatic hydroxyl groups is 1. The van der Waals surface area contributed by atoms with Crippen molar-refractivity contribution in [2.45, 2.75) is 25.1 Å². The fourth-order valence-corrected chi connectivity index (χ4v) is 3.59. The third kappa shape index (κ3) is 2.77. The molecule has 124 valence electrons. The third-order valence-electron chi connectivity index (χ3n) is 4.74. The van der Waals surface area contributed by atoms with E-state index in [1.165, 1.54) is 11.3 Å². The van der Waals surface area contributed by atoms with E-state index in [0.717, 1.165) is 24.4 Å². The zero-order valence-electron chi connectivity index (χ0n) is 13.7. The SMILES string of the molecule is COc1cccc(C2CC(O)CN2Cc2cccc3nccn23)c1. The summed E-state index contributed by atoms with van der Waals surface area (Å²) in [7, 11) is 1.68. The monoisotopic (exact) mass is 323 g/mol. The number of aromatic nitrogens is 2. The number of aliphatic hydroxyl groups excluding tert-OH is 1. The molecule has 0 amide bonds. The lowest BCUT2D eigenvalue weighted by Gasteiger charge is -2.25. The van der Waals surface area contributed by atoms with Gasteiger partial charge in [-0.3, -0.25) is 4.90 Å². The van der Waals surface area contributed by atoms with Crippen molar-refractivity contribution in [3.8, 4) is 5.75 Å². The van der Waals surface area contributed by atoms with E-state index >= 15 is 0 Å². The summed E-state index contributed by atoms with van der Waals surface area (Å²) in [6.45, 7) is 1.44. The molecule has 3 aromatic rings. The first kappa shape index (κ1) is 15.2. The lowest BCUT2D eigenvalue weighted by atomic mass is 10.0. The van der Waals surface area contributed by atoms with Crippen LogP contribution < -0.4 is 4.74 Å². The Morgan fingerprint density at radius 3 is 3.00 bits per heavy atom. The number of ether oxygens (including phenoxy) is 1. The summed E-state index contributed by atoms with van der Waals surface area (Å²) in [5.41, 5.74) is 3.31. The summed E-state index contributed by atoms with van der Waals surface area (Å²) in [6, 6.07) is 14.5. The Morgan fingerprint density at radius 1 is 1.25 bits per heavy atom. The number of nitrogens with zero attached hydrogens (tertiary/aromatic N) is 3. The molecule has 2 atom stereocenters. The van der Waals surface area contributed by atoms with Crippen LogP contribution in [0.15, 0.2) is 54.9 Å². The average Bonchev–Trinajstić information content (AvgIpc) is 3.22. The smallest absolute Gasteiger partial charge is 0.136 e. The van der Waals surface area contributed by atoms with Crippen LogP contribution in [0.5, 0.6) is 5.75 Å². The second-order valence-corrected chi connectivity index (χ2v) is 6.28. The van der Waals surface area contributed by atoms with Gasteiger partial charge >= 0.3 is 0 Å². The molecular weight excluding hydrogens is 302 g/mol. The van der Waals surface area contributed by atoms with Crippen LogP contribution in [0.4, 0.5) is 0 Å². The number of benzene rings is 1. The van der Waals surface area contributed by atoms with Crippen LogP contribution in [0.2, 0.25) is 0 Å². The van der Waals surface area contributed by atoms with E-state index in [4.69, 9.17) is 4.74 Å². The molecule has 0 radical (unpaired) electrons. The molecule has 0 spiro atoms. The fraction of sp³-hybridized carbons (Fsp3) is 0.316. The van der Waals surface area contributed by atoms with Crippen molar-refractivity contribution in [1.29, 1.82) is 0 Å². The summed E-state index contributed by atoms with van der Waals surface area (Å²) >= 11 is 0. The number of methoxy groups -OCH3 is 1. The van der Waals surface area contributed by atoms with E-state index in [0.29, 0.717) is 6.54 Å². The molecule has 4 rings (SSSR count). The normalized spacial score (nSPS) is 21.4. The van der Waals surface area contributed by atoms with Crippen molar-refractivity contribution in [1.82, 2.24) is 14.3 Å². The lowest BCUT2D eigenvalue weighted by molar-refractivity contribution is 0.172. The van der Waals surface area contributed by atoms with Gasteiger partial charge in [0.05, 0.1) is 13.2 Å². The molecule has 0 aliphatic carbocycles. The van der Waals surface area contributed by atoms with Gasteiger partial charge in [-0.05, 0) is 36.2 Å². The molecule has 1 aliphatic heterocycles. The van der Waals surface area contributed by atoms with Crippen molar-refractivity contribution in [3.05, 3.63) is 66.1 Å². The summed E-state index contributed by atoms with van der Waals surface area (Å²) in [4.78, 5) is 6.67. The number of imidazole rings is 1. The Balaban J connectivity index is 1.64. The maximum Gasteiger partial charge on any atom is 0.136 e. The Bertz CT molecular complexity index is 845. The van der Waals surface area contributed by atoms with Crippen molar-refractivity contribution in [2.24, 2.45) is 0 Å². The number of hydrogen-bond acceptors (Lipinski definition) is 4. The first-order chi connectivity index (χ1) is 11.7. The highest BCUT2D eigenvalue weighted by molar-refractivity contribution is 5.40. The average molecular weight is 323 g/mol. The molecule has 5 nitrogen and oxygen atoms in total. The zero-order valence-corrected chi connectivity index (χ0v) is 13.7. The molecule has 1 fully saturated rings. The highest BCUT2D eigenvalue weighted by Crippen LogP contribution is 2.34. The van der Waals surface area contributed by atoms with Gasteiger partial charge in [0, 0.05) is 37.2 Å². The predicted octanol–water partition coefficient (Wildman–Crippen LogP) is 2.65. The van der Waals surface area contributed by atoms with E-state index in [9.17, 15) is 5.11 Å². The molecule has 2 unspecified atom stereocenters. The number of hydrogen-bond donors (Lipinski definition) is 1. The third-order valence-corrected chi connectivity index (χ3v) is 4.74. The minimum Gasteiger partial charge on any atom is -0.497 e. The summed E-state index contributed by atoms with van der Waals surface area (Å²) in [5, 5.41) is 10.2. The largest absolute Gasteiger partial charge is 0.497 e. The quantitative estimate of drug-likeness (QED) is 0.802. The van der Waals surface area contributed by atoms with Gasteiger partial charge in [0.15, 0.2) is 0 Å². The Labute approximate surface area is 141 Å². The van der Waals surface area contributed by atoms with Gasteiger partial charge in [0.25, 0.3) is 0 Å². The molecule has 0 saturated carbocycles. The highest BCUT2D eigenvalue weighted by atomic mass is 16.5.